The molecule has 3 nitrogen and oxygen atoms in total. The van der Waals surface area contributed by atoms with Crippen molar-refractivity contribution in [3.05, 3.63) is 52.1 Å². The van der Waals surface area contributed by atoms with Crippen LogP contribution in [0.4, 0.5) is 54.0 Å². The molecule has 0 spiro atoms. The average Bonchev–Trinajstić information content (AvgIpc) is 2.60. The zero-order valence-corrected chi connectivity index (χ0v) is 12.4. The first-order chi connectivity index (χ1) is 12.8. The van der Waals surface area contributed by atoms with Crippen LogP contribution >= 0.6 is 0 Å². The van der Waals surface area contributed by atoms with Crippen LogP contribution < -0.4 is 4.74 Å². The number of ether oxygens (including phenoxy) is 1. The predicted molar refractivity (Wildman–Crippen MR) is 65.4 cm³/mol. The average molecular weight is 423 g/mol. The lowest BCUT2D eigenvalue weighted by atomic mass is 10.1. The fourth-order valence-electron chi connectivity index (χ4n) is 1.89. The van der Waals surface area contributed by atoms with E-state index in [1.807, 2.05) is 0 Å². The van der Waals surface area contributed by atoms with Crippen molar-refractivity contribution in [1.82, 2.24) is 0 Å². The normalized spacial score (nSPS) is 11.4. The van der Waals surface area contributed by atoms with Gasteiger partial charge >= 0.3 is 6.18 Å². The monoisotopic (exact) mass is 423 g/mol. The third-order valence-electron chi connectivity index (χ3n) is 3.07. The number of benzene rings is 2. The van der Waals surface area contributed by atoms with E-state index in [0.717, 1.165) is 0 Å². The van der Waals surface area contributed by atoms with Gasteiger partial charge in [-0.1, -0.05) is 0 Å². The summed E-state index contributed by atoms with van der Waals surface area (Å²) in [6, 6.07) is 0. The second-order valence-electron chi connectivity index (χ2n) is 4.70. The second-order valence-corrected chi connectivity index (χ2v) is 4.70. The highest BCUT2D eigenvalue weighted by molar-refractivity contribution is 5.54. The van der Waals surface area contributed by atoms with Gasteiger partial charge in [0.15, 0.2) is 29.0 Å². The molecule has 0 heterocycles. The molecule has 0 aliphatic carbocycles. The number of hydrogen-bond acceptors (Lipinski definition) is 3. The Morgan fingerprint density at radius 3 is 1.32 bits per heavy atom. The third kappa shape index (κ3) is 3.26. The van der Waals surface area contributed by atoms with Gasteiger partial charge in [-0.2, -0.15) is 35.7 Å². The van der Waals surface area contributed by atoms with Crippen LogP contribution in [0.5, 0.6) is 11.5 Å². The Labute approximate surface area is 145 Å². The second kappa shape index (κ2) is 7.11. The number of carbonyl (C=O) groups excluding carboxylic acids is 1. The molecular weight excluding hydrogens is 423 g/mol. The highest BCUT2D eigenvalue weighted by Gasteiger charge is 2.43. The van der Waals surface area contributed by atoms with E-state index < -0.39 is 75.5 Å². The largest absolute Gasteiger partial charge is 0.444 e. The highest BCUT2D eigenvalue weighted by atomic mass is 19.4. The number of aliphatic imine (C=N–C) groups is 1. The molecule has 0 amide bonds. The summed E-state index contributed by atoms with van der Waals surface area (Å²) in [6.07, 6.45) is -5.38. The lowest BCUT2D eigenvalue weighted by Crippen LogP contribution is -2.16. The van der Waals surface area contributed by atoms with Gasteiger partial charge in [0, 0.05) is 0 Å². The zero-order chi connectivity index (χ0) is 21.5. The van der Waals surface area contributed by atoms with Crippen molar-refractivity contribution in [2.24, 2.45) is 4.99 Å². The molecule has 0 atom stereocenters. The standard InChI is InChI=1S/C14F11NO2/c15-3-2(14(23,24)25)4(16)8(20)12(7(3)19)28-13-9(21)5(17)11(26-1-27)6(18)10(13)22. The molecule has 150 valence electrons. The molecule has 2 aromatic rings. The summed E-state index contributed by atoms with van der Waals surface area (Å²) in [7, 11) is 0. The lowest BCUT2D eigenvalue weighted by molar-refractivity contribution is -0.143. The van der Waals surface area contributed by atoms with Gasteiger partial charge in [-0.15, -0.1) is 0 Å². The molecule has 0 fully saturated rings. The SMILES string of the molecule is O=C=Nc1c(F)c(F)c(Oc2c(F)c(F)c(C(F)(F)F)c(F)c2F)c(F)c1F. The van der Waals surface area contributed by atoms with Crippen LogP contribution in [0.1, 0.15) is 5.56 Å². The van der Waals surface area contributed by atoms with Gasteiger partial charge in [-0.3, -0.25) is 0 Å². The Kier molecular flexibility index (Phi) is 5.37. The predicted octanol–water partition coefficient (Wildman–Crippen LogP) is 5.58. The van der Waals surface area contributed by atoms with E-state index in [2.05, 4.69) is 9.73 Å². The van der Waals surface area contributed by atoms with Crippen LogP contribution in [0, 0.1) is 46.5 Å². The van der Waals surface area contributed by atoms with Crippen LogP contribution in [0.15, 0.2) is 4.99 Å². The summed E-state index contributed by atoms with van der Waals surface area (Å²) in [6.45, 7) is 0. The smallest absolute Gasteiger partial charge is 0.422 e. The first-order valence-electron chi connectivity index (χ1n) is 6.39. The van der Waals surface area contributed by atoms with E-state index >= 15 is 0 Å². The molecule has 0 saturated carbocycles. The molecule has 0 aromatic heterocycles. The van der Waals surface area contributed by atoms with Crippen molar-refractivity contribution in [1.29, 1.82) is 0 Å². The molecule has 0 bridgehead atoms. The molecule has 0 aliphatic rings. The van der Waals surface area contributed by atoms with Crippen LogP contribution in [-0.2, 0) is 11.0 Å². The Bertz CT molecular complexity index is 967. The molecule has 0 unspecified atom stereocenters. The third-order valence-corrected chi connectivity index (χ3v) is 3.07. The molecule has 2 rings (SSSR count). The van der Waals surface area contributed by atoms with Crippen LogP contribution in [-0.4, -0.2) is 6.08 Å². The first-order valence-corrected chi connectivity index (χ1v) is 6.39. The van der Waals surface area contributed by atoms with Gasteiger partial charge in [-0.05, 0) is 0 Å². The molecule has 0 saturated heterocycles. The topological polar surface area (TPSA) is 38.7 Å². The highest BCUT2D eigenvalue weighted by Crippen LogP contribution is 2.42. The maximum Gasteiger partial charge on any atom is 0.422 e. The van der Waals surface area contributed by atoms with Crippen molar-refractivity contribution in [3.8, 4) is 11.5 Å². The molecular formula is C14F11NO2. The van der Waals surface area contributed by atoms with Crippen LogP contribution in [0.2, 0.25) is 0 Å². The van der Waals surface area contributed by atoms with Gasteiger partial charge in [0.25, 0.3) is 0 Å². The van der Waals surface area contributed by atoms with Crippen molar-refractivity contribution in [3.63, 3.8) is 0 Å². The molecule has 14 heteroatoms. The van der Waals surface area contributed by atoms with Crippen molar-refractivity contribution < 1.29 is 57.8 Å². The van der Waals surface area contributed by atoms with Gasteiger partial charge < -0.3 is 4.74 Å². The summed E-state index contributed by atoms with van der Waals surface area (Å²) in [5.74, 6) is -26.7. The number of rotatable bonds is 3. The summed E-state index contributed by atoms with van der Waals surface area (Å²) in [5, 5.41) is 0. The molecule has 2 aromatic carbocycles. The quantitative estimate of drug-likeness (QED) is 0.280. The zero-order valence-electron chi connectivity index (χ0n) is 12.4. The van der Waals surface area contributed by atoms with E-state index in [0.29, 0.717) is 6.08 Å². The van der Waals surface area contributed by atoms with Crippen molar-refractivity contribution in [2.45, 2.75) is 6.18 Å². The number of nitrogens with zero attached hydrogens (tertiary/aromatic N) is 1. The lowest BCUT2D eigenvalue weighted by Gasteiger charge is -2.15. The maximum atomic E-state index is 13.7. The Morgan fingerprint density at radius 1 is 0.643 bits per heavy atom. The first kappa shape index (κ1) is 21.2. The van der Waals surface area contributed by atoms with Crippen LogP contribution in [0.3, 0.4) is 0 Å². The minimum atomic E-state index is -5.92. The van der Waals surface area contributed by atoms with Gasteiger partial charge in [0.05, 0.1) is 0 Å². The number of isocyanates is 1. The molecule has 0 aliphatic heterocycles. The van der Waals surface area contributed by atoms with Crippen molar-refractivity contribution >= 4 is 11.8 Å². The summed E-state index contributed by atoms with van der Waals surface area (Å²) < 4.78 is 150. The fraction of sp³-hybridized carbons (Fsp3) is 0.0714. The molecule has 0 N–H and O–H groups in total. The number of halogens is 11. The van der Waals surface area contributed by atoms with E-state index in [-0.39, 0.29) is 0 Å². The van der Waals surface area contributed by atoms with E-state index in [1.165, 1.54) is 0 Å². The Morgan fingerprint density at radius 2 is 1.00 bits per heavy atom. The number of alkyl halides is 3. The van der Waals surface area contributed by atoms with Gasteiger partial charge in [0.2, 0.25) is 40.8 Å². The summed E-state index contributed by atoms with van der Waals surface area (Å²) >= 11 is 0. The minimum Gasteiger partial charge on any atom is -0.444 e. The Hall–Kier alpha value is -3.15. The van der Waals surface area contributed by atoms with Gasteiger partial charge in [-0.25, -0.2) is 22.4 Å². The van der Waals surface area contributed by atoms with E-state index in [1.54, 1.807) is 0 Å². The maximum absolute atomic E-state index is 13.7. The van der Waals surface area contributed by atoms with Crippen LogP contribution in [0.25, 0.3) is 0 Å². The summed E-state index contributed by atoms with van der Waals surface area (Å²) in [4.78, 5) is 12.3. The van der Waals surface area contributed by atoms with Gasteiger partial charge in [0.1, 0.15) is 5.56 Å². The fourth-order valence-corrected chi connectivity index (χ4v) is 1.89. The molecule has 28 heavy (non-hydrogen) atoms. The Balaban J connectivity index is 2.77. The van der Waals surface area contributed by atoms with E-state index in [9.17, 15) is 53.1 Å². The molecule has 0 radical (unpaired) electrons. The summed E-state index contributed by atoms with van der Waals surface area (Å²) in [5.41, 5.74) is -4.90. The van der Waals surface area contributed by atoms with E-state index in [4.69, 9.17) is 0 Å². The number of hydrogen-bond donors (Lipinski definition) is 0. The minimum absolute atomic E-state index is 0.538. The van der Waals surface area contributed by atoms with Crippen molar-refractivity contribution in [2.75, 3.05) is 0 Å².